The van der Waals surface area contributed by atoms with Gasteiger partial charge in [-0.05, 0) is 68.1 Å². The zero-order chi connectivity index (χ0) is 21.7. The van der Waals surface area contributed by atoms with Gasteiger partial charge in [0.25, 0.3) is 5.91 Å². The summed E-state index contributed by atoms with van der Waals surface area (Å²) in [6.07, 6.45) is 5.11. The van der Waals surface area contributed by atoms with E-state index in [1.807, 2.05) is 29.9 Å². The van der Waals surface area contributed by atoms with Crippen molar-refractivity contribution in [2.24, 2.45) is 7.05 Å². The van der Waals surface area contributed by atoms with E-state index in [0.717, 1.165) is 38.9 Å². The number of aromatic nitrogens is 1. The van der Waals surface area contributed by atoms with Gasteiger partial charge < -0.3 is 14.8 Å². The number of carbonyl (C=O) groups excluding carboxylic acids is 1. The van der Waals surface area contributed by atoms with E-state index in [4.69, 9.17) is 0 Å². The molecule has 4 heteroatoms. The van der Waals surface area contributed by atoms with Gasteiger partial charge in [0.05, 0.1) is 0 Å². The van der Waals surface area contributed by atoms with E-state index >= 15 is 0 Å². The van der Waals surface area contributed by atoms with Crippen molar-refractivity contribution in [2.75, 3.05) is 26.2 Å². The molecule has 1 aliphatic heterocycles. The van der Waals surface area contributed by atoms with Crippen LogP contribution < -0.4 is 5.32 Å². The minimum Gasteiger partial charge on any atom is -0.350 e. The standard InChI is InChI=1S/C27H33N3O/c1-22-9-6-7-10-23(22)14-18-30-19-15-27(16-20-30,24-11-4-3-5-12-24)21-28-26(31)25-13-8-17-29(25)2/h3-13,17H,14-16,18-21H2,1-2H3,(H,28,31). The molecule has 4 rings (SSSR count). The first-order chi connectivity index (χ1) is 15.1. The molecule has 2 heterocycles. The molecule has 1 fully saturated rings. The molecule has 0 radical (unpaired) electrons. The smallest absolute Gasteiger partial charge is 0.267 e. The van der Waals surface area contributed by atoms with Gasteiger partial charge in [0.15, 0.2) is 0 Å². The molecule has 4 nitrogen and oxygen atoms in total. The van der Waals surface area contributed by atoms with Crippen LogP contribution in [0.3, 0.4) is 0 Å². The van der Waals surface area contributed by atoms with Gasteiger partial charge >= 0.3 is 0 Å². The lowest BCUT2D eigenvalue weighted by Crippen LogP contribution is -2.49. The van der Waals surface area contributed by atoms with Gasteiger partial charge in [-0.25, -0.2) is 0 Å². The number of nitrogens with zero attached hydrogens (tertiary/aromatic N) is 2. The van der Waals surface area contributed by atoms with Crippen molar-refractivity contribution in [3.8, 4) is 0 Å². The average molecular weight is 416 g/mol. The highest BCUT2D eigenvalue weighted by atomic mass is 16.1. The van der Waals surface area contributed by atoms with Crippen molar-refractivity contribution in [3.63, 3.8) is 0 Å². The first-order valence-corrected chi connectivity index (χ1v) is 11.3. The fourth-order valence-corrected chi connectivity index (χ4v) is 4.77. The number of amides is 1. The molecule has 0 spiro atoms. The van der Waals surface area contributed by atoms with Gasteiger partial charge in [-0.15, -0.1) is 0 Å². The van der Waals surface area contributed by atoms with E-state index in [1.54, 1.807) is 0 Å². The Hall–Kier alpha value is -2.85. The number of hydrogen-bond donors (Lipinski definition) is 1. The van der Waals surface area contributed by atoms with Crippen molar-refractivity contribution in [2.45, 2.75) is 31.6 Å². The van der Waals surface area contributed by atoms with Gasteiger partial charge in [0.2, 0.25) is 0 Å². The predicted octanol–water partition coefficient (Wildman–Crippen LogP) is 4.34. The Labute approximate surface area is 185 Å². The number of benzene rings is 2. The number of nitrogens with one attached hydrogen (secondary N) is 1. The Morgan fingerprint density at radius 1 is 0.968 bits per heavy atom. The van der Waals surface area contributed by atoms with Crippen molar-refractivity contribution < 1.29 is 4.79 Å². The molecule has 1 saturated heterocycles. The molecular formula is C27H33N3O. The summed E-state index contributed by atoms with van der Waals surface area (Å²) in [5.41, 5.74) is 4.85. The zero-order valence-corrected chi connectivity index (χ0v) is 18.7. The molecule has 1 aliphatic rings. The van der Waals surface area contributed by atoms with Crippen LogP contribution in [0.15, 0.2) is 72.9 Å². The second kappa shape index (κ2) is 9.52. The van der Waals surface area contributed by atoms with Crippen LogP contribution in [0.25, 0.3) is 0 Å². The molecule has 31 heavy (non-hydrogen) atoms. The van der Waals surface area contributed by atoms with Crippen molar-refractivity contribution >= 4 is 5.91 Å². The lowest BCUT2D eigenvalue weighted by molar-refractivity contribution is 0.0914. The highest BCUT2D eigenvalue weighted by Crippen LogP contribution is 2.35. The lowest BCUT2D eigenvalue weighted by Gasteiger charge is -2.42. The molecule has 2 aromatic carbocycles. The molecule has 0 unspecified atom stereocenters. The van der Waals surface area contributed by atoms with Crippen LogP contribution in [0.5, 0.6) is 0 Å². The van der Waals surface area contributed by atoms with E-state index in [1.165, 1.54) is 16.7 Å². The third-order valence-corrected chi connectivity index (χ3v) is 6.92. The fourth-order valence-electron chi connectivity index (χ4n) is 4.77. The third-order valence-electron chi connectivity index (χ3n) is 6.92. The van der Waals surface area contributed by atoms with Crippen LogP contribution in [-0.2, 0) is 18.9 Å². The number of rotatable bonds is 7. The summed E-state index contributed by atoms with van der Waals surface area (Å²) in [4.78, 5) is 15.3. The van der Waals surface area contributed by atoms with E-state index in [0.29, 0.717) is 12.2 Å². The summed E-state index contributed by atoms with van der Waals surface area (Å²) < 4.78 is 1.87. The molecule has 0 saturated carbocycles. The van der Waals surface area contributed by atoms with Crippen molar-refractivity contribution in [1.29, 1.82) is 0 Å². The number of piperidine rings is 1. The Bertz CT molecular complexity index is 1000. The Morgan fingerprint density at radius 3 is 2.35 bits per heavy atom. The number of aryl methyl sites for hydroxylation is 2. The monoisotopic (exact) mass is 415 g/mol. The fraction of sp³-hybridized carbons (Fsp3) is 0.370. The lowest BCUT2D eigenvalue weighted by atomic mass is 9.72. The molecular weight excluding hydrogens is 382 g/mol. The summed E-state index contributed by atoms with van der Waals surface area (Å²) in [6, 6.07) is 23.2. The molecule has 1 amide bonds. The van der Waals surface area contributed by atoms with Crippen molar-refractivity contribution in [3.05, 3.63) is 95.3 Å². The van der Waals surface area contributed by atoms with Crippen molar-refractivity contribution in [1.82, 2.24) is 14.8 Å². The van der Waals surface area contributed by atoms with Crippen LogP contribution in [0.2, 0.25) is 0 Å². The number of carbonyl (C=O) groups is 1. The van der Waals surface area contributed by atoms with E-state index < -0.39 is 0 Å². The summed E-state index contributed by atoms with van der Waals surface area (Å²) in [5, 5.41) is 3.24. The number of likely N-dealkylation sites (tertiary alicyclic amines) is 1. The first-order valence-electron chi connectivity index (χ1n) is 11.3. The maximum Gasteiger partial charge on any atom is 0.267 e. The molecule has 0 atom stereocenters. The largest absolute Gasteiger partial charge is 0.350 e. The van der Waals surface area contributed by atoms with Crippen LogP contribution >= 0.6 is 0 Å². The van der Waals surface area contributed by atoms with Gasteiger partial charge in [0.1, 0.15) is 5.69 Å². The zero-order valence-electron chi connectivity index (χ0n) is 18.7. The van der Waals surface area contributed by atoms with Gasteiger partial charge in [-0.3, -0.25) is 4.79 Å². The second-order valence-corrected chi connectivity index (χ2v) is 8.85. The Balaban J connectivity index is 1.42. The highest BCUT2D eigenvalue weighted by Gasteiger charge is 2.36. The van der Waals surface area contributed by atoms with Crippen LogP contribution in [0, 0.1) is 6.92 Å². The third kappa shape index (κ3) is 4.91. The second-order valence-electron chi connectivity index (χ2n) is 8.85. The normalized spacial score (nSPS) is 16.2. The van der Waals surface area contributed by atoms with E-state index in [9.17, 15) is 4.79 Å². The maximum atomic E-state index is 12.8. The highest BCUT2D eigenvalue weighted by molar-refractivity contribution is 5.92. The Morgan fingerprint density at radius 2 is 1.68 bits per heavy atom. The van der Waals surface area contributed by atoms with Gasteiger partial charge in [-0.2, -0.15) is 0 Å². The molecule has 3 aromatic rings. The van der Waals surface area contributed by atoms with Gasteiger partial charge in [-0.1, -0.05) is 54.6 Å². The van der Waals surface area contributed by atoms with E-state index in [2.05, 4.69) is 71.7 Å². The SMILES string of the molecule is Cc1ccccc1CCN1CCC(CNC(=O)c2cccn2C)(c2ccccc2)CC1. The average Bonchev–Trinajstić information content (AvgIpc) is 3.24. The predicted molar refractivity (Wildman–Crippen MR) is 126 cm³/mol. The maximum absolute atomic E-state index is 12.8. The topological polar surface area (TPSA) is 37.3 Å². The molecule has 0 bridgehead atoms. The minimum atomic E-state index is -0.0127. The Kier molecular flexibility index (Phi) is 6.57. The summed E-state index contributed by atoms with van der Waals surface area (Å²) in [6.45, 7) is 6.07. The van der Waals surface area contributed by atoms with Crippen LogP contribution in [0.1, 0.15) is 40.0 Å². The quantitative estimate of drug-likeness (QED) is 0.623. The first kappa shape index (κ1) is 21.4. The summed E-state index contributed by atoms with van der Waals surface area (Å²) in [7, 11) is 1.91. The number of hydrogen-bond acceptors (Lipinski definition) is 2. The van der Waals surface area contributed by atoms with E-state index in [-0.39, 0.29) is 11.3 Å². The summed E-state index contributed by atoms with van der Waals surface area (Å²) in [5.74, 6) is 0.00443. The van der Waals surface area contributed by atoms with Crippen LogP contribution in [0.4, 0.5) is 0 Å². The minimum absolute atomic E-state index is 0.00443. The molecule has 162 valence electrons. The van der Waals surface area contributed by atoms with Crippen LogP contribution in [-0.4, -0.2) is 41.6 Å². The molecule has 1 aromatic heterocycles. The summed E-state index contributed by atoms with van der Waals surface area (Å²) >= 11 is 0. The van der Waals surface area contributed by atoms with Gasteiger partial charge in [0, 0.05) is 31.7 Å². The molecule has 0 aliphatic carbocycles. The molecule has 1 N–H and O–H groups in total.